The van der Waals surface area contributed by atoms with Gasteiger partial charge in [-0.2, -0.15) is 0 Å². The molecule has 0 saturated carbocycles. The lowest BCUT2D eigenvalue weighted by molar-refractivity contribution is -0.139. The van der Waals surface area contributed by atoms with Gasteiger partial charge in [-0.25, -0.2) is 4.79 Å². The molecular formula is C13H23NO2. The van der Waals surface area contributed by atoms with Gasteiger partial charge in [0.15, 0.2) is 0 Å². The zero-order valence-electron chi connectivity index (χ0n) is 10.7. The lowest BCUT2D eigenvalue weighted by Gasteiger charge is -2.34. The highest BCUT2D eigenvalue weighted by Crippen LogP contribution is 2.20. The summed E-state index contributed by atoms with van der Waals surface area (Å²) in [6.07, 6.45) is 1.31. The Balaban J connectivity index is 2.22. The van der Waals surface area contributed by atoms with Crippen LogP contribution in [0.4, 0.5) is 0 Å². The molecule has 1 heterocycles. The molecule has 2 atom stereocenters. The minimum Gasteiger partial charge on any atom is -0.461 e. The number of ether oxygens (including phenoxy) is 1. The van der Waals surface area contributed by atoms with Crippen molar-refractivity contribution in [2.75, 3.05) is 26.2 Å². The molecule has 0 spiro atoms. The molecule has 1 aliphatic rings. The molecule has 0 bridgehead atoms. The molecule has 0 aromatic rings. The molecule has 0 aromatic carbocycles. The second-order valence-corrected chi connectivity index (χ2v) is 5.12. The SMILES string of the molecule is C=C(C)C(=O)OCCN1CC(C)CC(C)C1. The lowest BCUT2D eigenvalue weighted by atomic mass is 9.92. The molecule has 0 amide bonds. The summed E-state index contributed by atoms with van der Waals surface area (Å²) in [7, 11) is 0. The molecule has 16 heavy (non-hydrogen) atoms. The topological polar surface area (TPSA) is 29.5 Å². The van der Waals surface area contributed by atoms with Crippen LogP contribution in [0.2, 0.25) is 0 Å². The van der Waals surface area contributed by atoms with Crippen molar-refractivity contribution < 1.29 is 9.53 Å². The van der Waals surface area contributed by atoms with Gasteiger partial charge in [0.25, 0.3) is 0 Å². The van der Waals surface area contributed by atoms with Gasteiger partial charge >= 0.3 is 5.97 Å². The predicted octanol–water partition coefficient (Wildman–Crippen LogP) is 2.08. The first-order valence-corrected chi connectivity index (χ1v) is 6.04. The number of hydrogen-bond acceptors (Lipinski definition) is 3. The first-order valence-electron chi connectivity index (χ1n) is 6.04. The minimum absolute atomic E-state index is 0.280. The average Bonchev–Trinajstić information content (AvgIpc) is 2.15. The highest BCUT2D eigenvalue weighted by molar-refractivity contribution is 5.86. The van der Waals surface area contributed by atoms with Crippen LogP contribution >= 0.6 is 0 Å². The van der Waals surface area contributed by atoms with Crippen molar-refractivity contribution in [1.82, 2.24) is 4.90 Å². The normalized spacial score (nSPS) is 26.4. The molecule has 2 unspecified atom stereocenters. The summed E-state index contributed by atoms with van der Waals surface area (Å²) in [4.78, 5) is 13.6. The van der Waals surface area contributed by atoms with Crippen molar-refractivity contribution in [3.05, 3.63) is 12.2 Å². The Morgan fingerprint density at radius 3 is 2.44 bits per heavy atom. The van der Waals surface area contributed by atoms with E-state index >= 15 is 0 Å². The molecular weight excluding hydrogens is 202 g/mol. The van der Waals surface area contributed by atoms with Crippen LogP contribution in [-0.2, 0) is 9.53 Å². The van der Waals surface area contributed by atoms with E-state index in [2.05, 4.69) is 25.3 Å². The Kier molecular flexibility index (Phi) is 5.00. The van der Waals surface area contributed by atoms with Crippen molar-refractivity contribution in [2.24, 2.45) is 11.8 Å². The Morgan fingerprint density at radius 2 is 1.94 bits per heavy atom. The smallest absolute Gasteiger partial charge is 0.333 e. The molecule has 0 aliphatic carbocycles. The summed E-state index contributed by atoms with van der Waals surface area (Å²) in [6.45, 7) is 13.3. The van der Waals surface area contributed by atoms with Crippen molar-refractivity contribution >= 4 is 5.97 Å². The zero-order chi connectivity index (χ0) is 12.1. The number of likely N-dealkylation sites (tertiary alicyclic amines) is 1. The predicted molar refractivity (Wildman–Crippen MR) is 65.2 cm³/mol. The maximum Gasteiger partial charge on any atom is 0.333 e. The summed E-state index contributed by atoms with van der Waals surface area (Å²) in [5.74, 6) is 1.22. The fourth-order valence-corrected chi connectivity index (χ4v) is 2.37. The largest absolute Gasteiger partial charge is 0.461 e. The molecule has 3 heteroatoms. The van der Waals surface area contributed by atoms with E-state index in [9.17, 15) is 4.79 Å². The van der Waals surface area contributed by atoms with E-state index in [-0.39, 0.29) is 5.97 Å². The quantitative estimate of drug-likeness (QED) is 0.542. The van der Waals surface area contributed by atoms with Crippen molar-refractivity contribution in [1.29, 1.82) is 0 Å². The first-order chi connectivity index (χ1) is 7.49. The number of hydrogen-bond donors (Lipinski definition) is 0. The summed E-state index contributed by atoms with van der Waals surface area (Å²) in [5.41, 5.74) is 0.473. The summed E-state index contributed by atoms with van der Waals surface area (Å²) in [5, 5.41) is 0. The fourth-order valence-electron chi connectivity index (χ4n) is 2.37. The van der Waals surface area contributed by atoms with Gasteiger partial charge in [-0.3, -0.25) is 4.90 Å². The van der Waals surface area contributed by atoms with Crippen LogP contribution in [0.25, 0.3) is 0 Å². The van der Waals surface area contributed by atoms with E-state index in [1.54, 1.807) is 6.92 Å². The highest BCUT2D eigenvalue weighted by Gasteiger charge is 2.21. The minimum atomic E-state index is -0.280. The van der Waals surface area contributed by atoms with Gasteiger partial charge in [0.1, 0.15) is 6.61 Å². The molecule has 0 N–H and O–H groups in total. The Hall–Kier alpha value is -0.830. The molecule has 0 aromatic heterocycles. The molecule has 1 fully saturated rings. The Bertz CT molecular complexity index is 253. The highest BCUT2D eigenvalue weighted by atomic mass is 16.5. The third kappa shape index (κ3) is 4.35. The van der Waals surface area contributed by atoms with Crippen LogP contribution in [0.15, 0.2) is 12.2 Å². The number of carbonyl (C=O) groups excluding carboxylic acids is 1. The average molecular weight is 225 g/mol. The van der Waals surface area contributed by atoms with Crippen LogP contribution in [0.1, 0.15) is 27.2 Å². The maximum absolute atomic E-state index is 11.2. The third-order valence-electron chi connectivity index (χ3n) is 2.93. The molecule has 1 rings (SSSR count). The van der Waals surface area contributed by atoms with Crippen LogP contribution in [0.3, 0.4) is 0 Å². The number of carbonyl (C=O) groups is 1. The second-order valence-electron chi connectivity index (χ2n) is 5.12. The van der Waals surface area contributed by atoms with E-state index in [0.29, 0.717) is 12.2 Å². The second kappa shape index (κ2) is 6.04. The van der Waals surface area contributed by atoms with Gasteiger partial charge in [0, 0.05) is 25.2 Å². The van der Waals surface area contributed by atoms with Crippen LogP contribution in [-0.4, -0.2) is 37.1 Å². The number of esters is 1. The van der Waals surface area contributed by atoms with Crippen LogP contribution in [0.5, 0.6) is 0 Å². The summed E-state index contributed by atoms with van der Waals surface area (Å²) >= 11 is 0. The van der Waals surface area contributed by atoms with Gasteiger partial charge < -0.3 is 4.74 Å². The van der Waals surface area contributed by atoms with Gasteiger partial charge in [-0.15, -0.1) is 0 Å². The standard InChI is InChI=1S/C13H23NO2/c1-10(2)13(15)16-6-5-14-8-11(3)7-12(4)9-14/h11-12H,1,5-9H2,2-4H3. The number of piperidine rings is 1. The van der Waals surface area contributed by atoms with Crippen molar-refractivity contribution in [3.8, 4) is 0 Å². The van der Waals surface area contributed by atoms with Gasteiger partial charge in [-0.05, 0) is 25.2 Å². The van der Waals surface area contributed by atoms with Crippen molar-refractivity contribution in [2.45, 2.75) is 27.2 Å². The molecule has 0 radical (unpaired) electrons. The lowest BCUT2D eigenvalue weighted by Crippen LogP contribution is -2.40. The molecule has 92 valence electrons. The van der Waals surface area contributed by atoms with Gasteiger partial charge in [-0.1, -0.05) is 20.4 Å². The third-order valence-corrected chi connectivity index (χ3v) is 2.93. The van der Waals surface area contributed by atoms with Crippen molar-refractivity contribution in [3.63, 3.8) is 0 Å². The number of rotatable bonds is 4. The Labute approximate surface area is 98.5 Å². The number of nitrogens with zero attached hydrogens (tertiary/aromatic N) is 1. The molecule has 1 saturated heterocycles. The van der Waals surface area contributed by atoms with Crippen LogP contribution in [0, 0.1) is 11.8 Å². The van der Waals surface area contributed by atoms with Gasteiger partial charge in [0.2, 0.25) is 0 Å². The fraction of sp³-hybridized carbons (Fsp3) is 0.769. The maximum atomic E-state index is 11.2. The first kappa shape index (κ1) is 13.2. The van der Waals surface area contributed by atoms with Crippen LogP contribution < -0.4 is 0 Å². The zero-order valence-corrected chi connectivity index (χ0v) is 10.7. The van der Waals surface area contributed by atoms with Gasteiger partial charge in [0.05, 0.1) is 0 Å². The van der Waals surface area contributed by atoms with E-state index in [1.807, 2.05) is 0 Å². The van der Waals surface area contributed by atoms with E-state index in [1.165, 1.54) is 6.42 Å². The Morgan fingerprint density at radius 1 is 1.38 bits per heavy atom. The van der Waals surface area contributed by atoms with E-state index in [0.717, 1.165) is 31.5 Å². The summed E-state index contributed by atoms with van der Waals surface area (Å²) in [6, 6.07) is 0. The van der Waals surface area contributed by atoms with E-state index in [4.69, 9.17) is 4.74 Å². The monoisotopic (exact) mass is 225 g/mol. The van der Waals surface area contributed by atoms with E-state index < -0.39 is 0 Å². The molecule has 1 aliphatic heterocycles. The molecule has 3 nitrogen and oxygen atoms in total. The summed E-state index contributed by atoms with van der Waals surface area (Å²) < 4.78 is 5.10.